The molecule has 1 unspecified atom stereocenters. The second-order valence-corrected chi connectivity index (χ2v) is 5.93. The molecular weight excluding hydrogens is 226 g/mol. The highest BCUT2D eigenvalue weighted by Gasteiger charge is 2.30. The topological polar surface area (TPSA) is 26.8 Å². The quantitative estimate of drug-likeness (QED) is 0.735. The van der Waals surface area contributed by atoms with Crippen molar-refractivity contribution in [2.75, 3.05) is 39.3 Å². The Balaban J connectivity index is 1.85. The minimum absolute atomic E-state index is 0.229. The fraction of sp³-hybridized carbons (Fsp3) is 0.929. The van der Waals surface area contributed by atoms with E-state index in [0.29, 0.717) is 12.1 Å². The molecule has 2 rings (SSSR count). The maximum atomic E-state index is 11.4. The lowest BCUT2D eigenvalue weighted by Gasteiger charge is -2.28. The van der Waals surface area contributed by atoms with Crippen LogP contribution in [0.3, 0.4) is 0 Å². The first-order valence-electron chi connectivity index (χ1n) is 7.31. The van der Waals surface area contributed by atoms with Crippen LogP contribution < -0.4 is 0 Å². The average molecular weight is 253 g/mol. The van der Waals surface area contributed by atoms with Crippen molar-refractivity contribution in [3.05, 3.63) is 0 Å². The van der Waals surface area contributed by atoms with E-state index >= 15 is 0 Å². The molecule has 4 nitrogen and oxygen atoms in total. The Kier molecular flexibility index (Phi) is 4.62. The van der Waals surface area contributed by atoms with Crippen molar-refractivity contribution >= 4 is 5.91 Å². The molecule has 0 saturated carbocycles. The summed E-state index contributed by atoms with van der Waals surface area (Å²) in [6.45, 7) is 12.7. The summed E-state index contributed by atoms with van der Waals surface area (Å²) in [7, 11) is 0. The second kappa shape index (κ2) is 6.02. The predicted octanol–water partition coefficient (Wildman–Crippen LogP) is 1.02. The molecule has 4 heteroatoms. The molecule has 2 aliphatic heterocycles. The predicted molar refractivity (Wildman–Crippen MR) is 73.6 cm³/mol. The van der Waals surface area contributed by atoms with Crippen molar-refractivity contribution < 1.29 is 4.79 Å². The molecule has 0 aliphatic carbocycles. The van der Waals surface area contributed by atoms with Gasteiger partial charge in [-0.1, -0.05) is 0 Å². The van der Waals surface area contributed by atoms with Gasteiger partial charge in [-0.3, -0.25) is 14.6 Å². The molecule has 1 amide bonds. The standard InChI is InChI=1S/C14H27N3O/c1-12(2)17-8-5-14(11-17)16-7-4-6-15(9-10-16)13(3)18/h12,14H,4-11H2,1-3H3. The van der Waals surface area contributed by atoms with E-state index in [0.717, 1.165) is 32.6 Å². The molecule has 0 spiro atoms. The number of nitrogens with zero attached hydrogens (tertiary/aromatic N) is 3. The molecule has 2 fully saturated rings. The normalized spacial score (nSPS) is 27.8. The number of hydrogen-bond donors (Lipinski definition) is 0. The lowest BCUT2D eigenvalue weighted by atomic mass is 10.2. The van der Waals surface area contributed by atoms with Crippen LogP contribution in [-0.2, 0) is 4.79 Å². The third kappa shape index (κ3) is 3.23. The van der Waals surface area contributed by atoms with Gasteiger partial charge in [-0.15, -0.1) is 0 Å². The Morgan fingerprint density at radius 3 is 2.50 bits per heavy atom. The summed E-state index contributed by atoms with van der Waals surface area (Å²) in [5.41, 5.74) is 0. The zero-order chi connectivity index (χ0) is 13.1. The van der Waals surface area contributed by atoms with Crippen LogP contribution in [0.15, 0.2) is 0 Å². The number of hydrogen-bond acceptors (Lipinski definition) is 3. The summed E-state index contributed by atoms with van der Waals surface area (Å²) in [6.07, 6.45) is 2.41. The van der Waals surface area contributed by atoms with Gasteiger partial charge < -0.3 is 4.90 Å². The van der Waals surface area contributed by atoms with Crippen molar-refractivity contribution in [3.8, 4) is 0 Å². The van der Waals surface area contributed by atoms with Gasteiger partial charge in [0.1, 0.15) is 0 Å². The average Bonchev–Trinajstić information content (AvgIpc) is 2.67. The summed E-state index contributed by atoms with van der Waals surface area (Å²) in [4.78, 5) is 18.6. The highest BCUT2D eigenvalue weighted by atomic mass is 16.2. The third-order valence-corrected chi connectivity index (χ3v) is 4.42. The van der Waals surface area contributed by atoms with Gasteiger partial charge in [-0.2, -0.15) is 0 Å². The van der Waals surface area contributed by atoms with E-state index in [1.165, 1.54) is 19.5 Å². The van der Waals surface area contributed by atoms with Crippen molar-refractivity contribution in [1.82, 2.24) is 14.7 Å². The van der Waals surface area contributed by atoms with Crippen LogP contribution >= 0.6 is 0 Å². The Morgan fingerprint density at radius 2 is 1.89 bits per heavy atom. The minimum atomic E-state index is 0.229. The van der Waals surface area contributed by atoms with Gasteiger partial charge in [-0.25, -0.2) is 0 Å². The molecule has 0 radical (unpaired) electrons. The van der Waals surface area contributed by atoms with Crippen LogP contribution in [0.2, 0.25) is 0 Å². The summed E-state index contributed by atoms with van der Waals surface area (Å²) in [6, 6.07) is 1.37. The second-order valence-electron chi connectivity index (χ2n) is 5.93. The maximum absolute atomic E-state index is 11.4. The van der Waals surface area contributed by atoms with Crippen molar-refractivity contribution in [3.63, 3.8) is 0 Å². The fourth-order valence-electron chi connectivity index (χ4n) is 3.15. The van der Waals surface area contributed by atoms with E-state index in [-0.39, 0.29) is 5.91 Å². The van der Waals surface area contributed by atoms with Crippen molar-refractivity contribution in [1.29, 1.82) is 0 Å². The molecule has 0 bridgehead atoms. The van der Waals surface area contributed by atoms with E-state index in [1.54, 1.807) is 6.92 Å². The number of carbonyl (C=O) groups is 1. The Hall–Kier alpha value is -0.610. The van der Waals surface area contributed by atoms with Gasteiger partial charge in [-0.05, 0) is 26.7 Å². The van der Waals surface area contributed by atoms with Crippen molar-refractivity contribution in [2.24, 2.45) is 0 Å². The van der Waals surface area contributed by atoms with Crippen LogP contribution in [0.25, 0.3) is 0 Å². The molecule has 2 aliphatic rings. The van der Waals surface area contributed by atoms with Gasteiger partial charge in [0.05, 0.1) is 0 Å². The van der Waals surface area contributed by atoms with Gasteiger partial charge in [0.15, 0.2) is 0 Å². The number of carbonyl (C=O) groups excluding carboxylic acids is 1. The highest BCUT2D eigenvalue weighted by molar-refractivity contribution is 5.73. The molecule has 18 heavy (non-hydrogen) atoms. The van der Waals surface area contributed by atoms with E-state index in [1.807, 2.05) is 4.90 Å². The summed E-state index contributed by atoms with van der Waals surface area (Å²) in [5, 5.41) is 0. The summed E-state index contributed by atoms with van der Waals surface area (Å²) >= 11 is 0. The van der Waals surface area contributed by atoms with E-state index < -0.39 is 0 Å². The van der Waals surface area contributed by atoms with Crippen LogP contribution in [0, 0.1) is 0 Å². The van der Waals surface area contributed by atoms with Gasteiger partial charge in [0.2, 0.25) is 5.91 Å². The summed E-state index contributed by atoms with van der Waals surface area (Å²) in [5.74, 6) is 0.229. The lowest BCUT2D eigenvalue weighted by Crippen LogP contribution is -2.41. The van der Waals surface area contributed by atoms with E-state index in [4.69, 9.17) is 0 Å². The van der Waals surface area contributed by atoms with E-state index in [9.17, 15) is 4.79 Å². The van der Waals surface area contributed by atoms with Crippen LogP contribution in [0.5, 0.6) is 0 Å². The van der Waals surface area contributed by atoms with Crippen LogP contribution in [0.1, 0.15) is 33.6 Å². The molecule has 1 atom stereocenters. The highest BCUT2D eigenvalue weighted by Crippen LogP contribution is 2.19. The first kappa shape index (κ1) is 13.8. The van der Waals surface area contributed by atoms with Gasteiger partial charge in [0, 0.05) is 58.3 Å². The minimum Gasteiger partial charge on any atom is -0.342 e. The first-order valence-corrected chi connectivity index (χ1v) is 7.31. The zero-order valence-corrected chi connectivity index (χ0v) is 12.1. The fourth-order valence-corrected chi connectivity index (χ4v) is 3.15. The lowest BCUT2D eigenvalue weighted by molar-refractivity contribution is -0.128. The number of likely N-dealkylation sites (tertiary alicyclic amines) is 1. The monoisotopic (exact) mass is 253 g/mol. The largest absolute Gasteiger partial charge is 0.342 e. The first-order chi connectivity index (χ1) is 8.58. The Bertz CT molecular complexity index is 293. The molecular formula is C14H27N3O. The van der Waals surface area contributed by atoms with Crippen molar-refractivity contribution in [2.45, 2.75) is 45.7 Å². The molecule has 0 N–H and O–H groups in total. The molecule has 0 aromatic carbocycles. The molecule has 2 saturated heterocycles. The Labute approximate surface area is 111 Å². The SMILES string of the molecule is CC(=O)N1CCCN(C2CCN(C(C)C)C2)CC1. The Morgan fingerprint density at radius 1 is 1.11 bits per heavy atom. The maximum Gasteiger partial charge on any atom is 0.219 e. The zero-order valence-electron chi connectivity index (χ0n) is 12.1. The molecule has 104 valence electrons. The smallest absolute Gasteiger partial charge is 0.219 e. The number of amides is 1. The molecule has 0 aromatic heterocycles. The molecule has 0 aromatic rings. The van der Waals surface area contributed by atoms with E-state index in [2.05, 4.69) is 23.6 Å². The van der Waals surface area contributed by atoms with Gasteiger partial charge >= 0.3 is 0 Å². The number of rotatable bonds is 2. The van der Waals surface area contributed by atoms with Gasteiger partial charge in [0.25, 0.3) is 0 Å². The molecule has 2 heterocycles. The summed E-state index contributed by atoms with van der Waals surface area (Å²) < 4.78 is 0. The van der Waals surface area contributed by atoms with Crippen LogP contribution in [-0.4, -0.2) is 72.0 Å². The third-order valence-electron chi connectivity index (χ3n) is 4.42. The van der Waals surface area contributed by atoms with Crippen LogP contribution in [0.4, 0.5) is 0 Å².